The summed E-state index contributed by atoms with van der Waals surface area (Å²) in [7, 11) is 0. The number of fused-ring (bicyclic) bond motifs is 1. The second-order valence-electron chi connectivity index (χ2n) is 8.38. The number of urea groups is 1. The minimum Gasteiger partial charge on any atom is -0.338 e. The third kappa shape index (κ3) is 3.83. The SMILES string of the molecule is N#Cc1ccc(N2CCN(C(=O)N3CCC(c4cn[nH]c4)C3)c3ccccc32)cc1C(F)(F)F. The number of rotatable bonds is 2. The van der Waals surface area contributed by atoms with Crippen LogP contribution in [0.2, 0.25) is 0 Å². The summed E-state index contributed by atoms with van der Waals surface area (Å²) in [5, 5.41) is 15.9. The summed E-state index contributed by atoms with van der Waals surface area (Å²) >= 11 is 0. The van der Waals surface area contributed by atoms with E-state index in [-0.39, 0.29) is 11.9 Å². The number of halogens is 3. The highest BCUT2D eigenvalue weighted by atomic mass is 19.4. The quantitative estimate of drug-likeness (QED) is 0.585. The van der Waals surface area contributed by atoms with Crippen LogP contribution in [-0.4, -0.2) is 47.3 Å². The van der Waals surface area contributed by atoms with Crippen LogP contribution in [0, 0.1) is 11.3 Å². The Bertz CT molecular complexity index is 1250. The van der Waals surface area contributed by atoms with E-state index in [9.17, 15) is 18.0 Å². The second kappa shape index (κ2) is 8.41. The monoisotopic (exact) mass is 466 g/mol. The first-order valence-electron chi connectivity index (χ1n) is 10.9. The molecule has 1 unspecified atom stereocenters. The van der Waals surface area contributed by atoms with Gasteiger partial charge in [-0.2, -0.15) is 23.5 Å². The molecule has 1 atom stereocenters. The van der Waals surface area contributed by atoms with Crippen LogP contribution in [0.1, 0.15) is 29.0 Å². The summed E-state index contributed by atoms with van der Waals surface area (Å²) in [6, 6.07) is 12.4. The lowest BCUT2D eigenvalue weighted by Gasteiger charge is -2.39. The molecule has 2 aliphatic heterocycles. The number of carbonyl (C=O) groups is 1. The predicted octanol–water partition coefficient (Wildman–Crippen LogP) is 4.87. The van der Waals surface area contributed by atoms with Crippen molar-refractivity contribution in [3.8, 4) is 6.07 Å². The Morgan fingerprint density at radius 2 is 1.91 bits per heavy atom. The molecule has 174 valence electrons. The van der Waals surface area contributed by atoms with E-state index in [1.165, 1.54) is 12.1 Å². The summed E-state index contributed by atoms with van der Waals surface area (Å²) < 4.78 is 40.6. The normalized spacial score (nSPS) is 18.1. The largest absolute Gasteiger partial charge is 0.417 e. The fourth-order valence-electron chi connectivity index (χ4n) is 4.72. The summed E-state index contributed by atoms with van der Waals surface area (Å²) in [6.07, 6.45) is -0.170. The first kappa shape index (κ1) is 21.8. The molecule has 1 aromatic heterocycles. The molecule has 2 aromatic carbocycles. The standard InChI is InChI=1S/C24H21F3N6O/c25-24(26,27)20-11-19(6-5-16(20)12-28)32-9-10-33(22-4-2-1-3-21(22)32)23(34)31-8-7-17(15-31)18-13-29-30-14-18/h1-6,11,13-14,17H,7-10,15H2,(H,29,30). The van der Waals surface area contributed by atoms with Gasteiger partial charge in [0.05, 0.1) is 34.8 Å². The number of anilines is 3. The van der Waals surface area contributed by atoms with Gasteiger partial charge in [0.2, 0.25) is 0 Å². The predicted molar refractivity (Wildman–Crippen MR) is 120 cm³/mol. The molecule has 1 fully saturated rings. The Kier molecular flexibility index (Phi) is 5.40. The third-order valence-electron chi connectivity index (χ3n) is 6.43. The van der Waals surface area contributed by atoms with Gasteiger partial charge in [-0.05, 0) is 42.3 Å². The minimum atomic E-state index is -4.64. The highest BCUT2D eigenvalue weighted by molar-refractivity contribution is 5.98. The number of hydrogen-bond donors (Lipinski definition) is 1. The van der Waals surface area contributed by atoms with Crippen molar-refractivity contribution in [1.82, 2.24) is 15.1 Å². The Balaban J connectivity index is 1.43. The number of aromatic amines is 1. The van der Waals surface area contributed by atoms with Crippen LogP contribution >= 0.6 is 0 Å². The molecule has 1 saturated heterocycles. The molecule has 0 aliphatic carbocycles. The van der Waals surface area contributed by atoms with E-state index < -0.39 is 17.3 Å². The third-order valence-corrected chi connectivity index (χ3v) is 6.43. The topological polar surface area (TPSA) is 79.3 Å². The van der Waals surface area contributed by atoms with Gasteiger partial charge in [0.25, 0.3) is 0 Å². The maximum absolute atomic E-state index is 13.5. The molecule has 1 N–H and O–H groups in total. The van der Waals surface area contributed by atoms with Crippen LogP contribution < -0.4 is 9.80 Å². The Labute approximate surface area is 194 Å². The molecule has 5 rings (SSSR count). The van der Waals surface area contributed by atoms with Gasteiger partial charge in [-0.3, -0.25) is 10.00 Å². The first-order valence-corrected chi connectivity index (χ1v) is 10.9. The average Bonchev–Trinajstić information content (AvgIpc) is 3.54. The minimum absolute atomic E-state index is 0.117. The summed E-state index contributed by atoms with van der Waals surface area (Å²) in [6.45, 7) is 1.86. The van der Waals surface area contributed by atoms with Gasteiger partial charge in [-0.15, -0.1) is 0 Å². The lowest BCUT2D eigenvalue weighted by Crippen LogP contribution is -2.48. The summed E-state index contributed by atoms with van der Waals surface area (Å²) in [5.41, 5.74) is 1.30. The molecule has 10 heteroatoms. The van der Waals surface area contributed by atoms with Crippen molar-refractivity contribution in [1.29, 1.82) is 5.26 Å². The van der Waals surface area contributed by atoms with Crippen molar-refractivity contribution in [2.45, 2.75) is 18.5 Å². The van der Waals surface area contributed by atoms with Crippen LogP contribution in [0.15, 0.2) is 54.9 Å². The number of nitriles is 1. The van der Waals surface area contributed by atoms with Crippen molar-refractivity contribution in [2.75, 3.05) is 36.0 Å². The maximum Gasteiger partial charge on any atom is 0.417 e. The van der Waals surface area contributed by atoms with Crippen LogP contribution in [-0.2, 0) is 6.18 Å². The Morgan fingerprint density at radius 1 is 1.12 bits per heavy atom. The van der Waals surface area contributed by atoms with Crippen LogP contribution in [0.5, 0.6) is 0 Å². The van der Waals surface area contributed by atoms with Gasteiger partial charge < -0.3 is 9.80 Å². The van der Waals surface area contributed by atoms with E-state index in [1.54, 1.807) is 46.3 Å². The van der Waals surface area contributed by atoms with E-state index in [0.29, 0.717) is 43.2 Å². The second-order valence-corrected chi connectivity index (χ2v) is 8.38. The van der Waals surface area contributed by atoms with Crippen molar-refractivity contribution in [3.63, 3.8) is 0 Å². The number of likely N-dealkylation sites (tertiary alicyclic amines) is 1. The maximum atomic E-state index is 13.5. The number of nitrogens with zero attached hydrogens (tertiary/aromatic N) is 5. The molecular weight excluding hydrogens is 445 g/mol. The molecule has 2 aliphatic rings. The number of alkyl halides is 3. The van der Waals surface area contributed by atoms with Gasteiger partial charge in [0.1, 0.15) is 0 Å². The summed E-state index contributed by atoms with van der Waals surface area (Å²) in [4.78, 5) is 18.7. The number of para-hydroxylation sites is 2. The number of H-pyrrole nitrogens is 1. The van der Waals surface area contributed by atoms with E-state index >= 15 is 0 Å². The van der Waals surface area contributed by atoms with Crippen molar-refractivity contribution in [2.24, 2.45) is 0 Å². The van der Waals surface area contributed by atoms with Gasteiger partial charge in [-0.25, -0.2) is 4.79 Å². The van der Waals surface area contributed by atoms with Crippen LogP contribution in [0.4, 0.5) is 35.0 Å². The van der Waals surface area contributed by atoms with Gasteiger partial charge >= 0.3 is 12.2 Å². The molecule has 0 radical (unpaired) electrons. The number of aromatic nitrogens is 2. The molecular formula is C24H21F3N6O. The molecule has 34 heavy (non-hydrogen) atoms. The number of amides is 2. The summed E-state index contributed by atoms with van der Waals surface area (Å²) in [5.74, 6) is 0.221. The first-order chi connectivity index (χ1) is 16.4. The van der Waals surface area contributed by atoms with Crippen LogP contribution in [0.3, 0.4) is 0 Å². The lowest BCUT2D eigenvalue weighted by molar-refractivity contribution is -0.137. The zero-order valence-electron chi connectivity index (χ0n) is 18.1. The number of nitrogens with one attached hydrogen (secondary N) is 1. The lowest BCUT2D eigenvalue weighted by atomic mass is 10.0. The number of benzene rings is 2. The zero-order chi connectivity index (χ0) is 23.9. The molecule has 0 saturated carbocycles. The van der Waals surface area contributed by atoms with Gasteiger partial charge in [0.15, 0.2) is 0 Å². The zero-order valence-corrected chi connectivity index (χ0v) is 18.1. The van der Waals surface area contributed by atoms with Gasteiger partial charge in [0, 0.05) is 44.0 Å². The fourth-order valence-corrected chi connectivity index (χ4v) is 4.72. The highest BCUT2D eigenvalue weighted by Gasteiger charge is 2.37. The molecule has 0 spiro atoms. The van der Waals surface area contributed by atoms with E-state index in [2.05, 4.69) is 10.2 Å². The van der Waals surface area contributed by atoms with Crippen molar-refractivity contribution < 1.29 is 18.0 Å². The number of carbonyl (C=O) groups excluding carboxylic acids is 1. The highest BCUT2D eigenvalue weighted by Crippen LogP contribution is 2.41. The average molecular weight is 466 g/mol. The van der Waals surface area contributed by atoms with Gasteiger partial charge in [-0.1, -0.05) is 12.1 Å². The fraction of sp³-hybridized carbons (Fsp3) is 0.292. The molecule has 3 aromatic rings. The Morgan fingerprint density at radius 3 is 2.62 bits per heavy atom. The molecule has 0 bridgehead atoms. The number of hydrogen-bond acceptors (Lipinski definition) is 4. The van der Waals surface area contributed by atoms with E-state index in [1.807, 2.05) is 11.1 Å². The van der Waals surface area contributed by atoms with E-state index in [0.717, 1.165) is 18.1 Å². The van der Waals surface area contributed by atoms with Crippen molar-refractivity contribution in [3.05, 3.63) is 71.5 Å². The molecule has 7 nitrogen and oxygen atoms in total. The molecule has 2 amide bonds. The smallest absolute Gasteiger partial charge is 0.338 e. The van der Waals surface area contributed by atoms with Crippen molar-refractivity contribution >= 4 is 23.1 Å². The Hall–Kier alpha value is -4.00. The molecule has 3 heterocycles. The van der Waals surface area contributed by atoms with Crippen LogP contribution in [0.25, 0.3) is 0 Å². The van der Waals surface area contributed by atoms with E-state index in [4.69, 9.17) is 5.26 Å².